The molecule has 14 heteroatoms. The van der Waals surface area contributed by atoms with E-state index in [9.17, 15) is 42.6 Å². The van der Waals surface area contributed by atoms with Crippen LogP contribution in [0.15, 0.2) is 48.5 Å². The molecular weight excluding hydrogens is 559 g/mol. The number of hydrogen-bond acceptors (Lipinski definition) is 7. The van der Waals surface area contributed by atoms with Crippen LogP contribution in [0, 0.1) is 16.7 Å². The summed E-state index contributed by atoms with van der Waals surface area (Å²) in [6.45, 7) is 1.16. The third-order valence-electron chi connectivity index (χ3n) is 6.19. The van der Waals surface area contributed by atoms with E-state index in [0.29, 0.717) is 6.07 Å². The maximum atomic E-state index is 14.1. The maximum Gasteiger partial charge on any atom is 0.417 e. The Bertz CT molecular complexity index is 1690. The van der Waals surface area contributed by atoms with Gasteiger partial charge in [0.2, 0.25) is 5.91 Å². The van der Waals surface area contributed by atoms with Crippen LogP contribution in [0.1, 0.15) is 44.3 Å². The molecule has 42 heavy (non-hydrogen) atoms. The van der Waals surface area contributed by atoms with Gasteiger partial charge in [-0.1, -0.05) is 6.07 Å². The van der Waals surface area contributed by atoms with Crippen LogP contribution in [0.4, 0.5) is 24.5 Å². The lowest BCUT2D eigenvalue weighted by Gasteiger charge is -2.21. The smallest absolute Gasteiger partial charge is 0.417 e. The molecule has 0 heterocycles. The average molecular weight is 582 g/mol. The van der Waals surface area contributed by atoms with E-state index in [1.54, 1.807) is 6.07 Å². The van der Waals surface area contributed by atoms with Crippen LogP contribution >= 0.6 is 0 Å². The van der Waals surface area contributed by atoms with Gasteiger partial charge in [0.05, 0.1) is 28.4 Å². The molecule has 0 aromatic heterocycles. The molecule has 11 nitrogen and oxygen atoms in total. The summed E-state index contributed by atoms with van der Waals surface area (Å²) < 4.78 is 42.4. The van der Waals surface area contributed by atoms with Crippen LogP contribution in [0.2, 0.25) is 0 Å². The molecule has 0 saturated heterocycles. The monoisotopic (exact) mass is 581 g/mol. The average Bonchev–Trinajstić information content (AvgIpc) is 2.94. The van der Waals surface area contributed by atoms with E-state index < -0.39 is 69.1 Å². The topological polar surface area (TPSA) is 184 Å². The Morgan fingerprint density at radius 2 is 1.64 bits per heavy atom. The summed E-state index contributed by atoms with van der Waals surface area (Å²) in [5.74, 6) is -4.96. The van der Waals surface area contributed by atoms with Crippen molar-refractivity contribution in [2.75, 3.05) is 24.3 Å². The lowest BCUT2D eigenvalue weighted by molar-refractivity contribution is -0.137. The van der Waals surface area contributed by atoms with Crippen molar-refractivity contribution in [1.29, 1.82) is 10.7 Å². The van der Waals surface area contributed by atoms with Crippen molar-refractivity contribution < 1.29 is 42.6 Å². The molecule has 5 N–H and O–H groups in total. The van der Waals surface area contributed by atoms with Crippen molar-refractivity contribution in [3.8, 4) is 22.9 Å². The van der Waals surface area contributed by atoms with Crippen molar-refractivity contribution in [3.05, 3.63) is 76.3 Å². The van der Waals surface area contributed by atoms with Gasteiger partial charge in [0, 0.05) is 37.8 Å². The van der Waals surface area contributed by atoms with Crippen molar-refractivity contribution in [3.63, 3.8) is 0 Å². The van der Waals surface area contributed by atoms with Gasteiger partial charge in [-0.15, -0.1) is 0 Å². The molecule has 0 aliphatic carbocycles. The molecule has 0 aliphatic rings. The largest absolute Gasteiger partial charge is 0.507 e. The molecule has 0 radical (unpaired) electrons. The quantitative estimate of drug-likeness (QED) is 0.261. The Labute approximate surface area is 236 Å². The maximum absolute atomic E-state index is 14.1. The van der Waals surface area contributed by atoms with Crippen LogP contribution < -0.4 is 15.5 Å². The summed E-state index contributed by atoms with van der Waals surface area (Å²) in [6.07, 6.45) is -4.95. The minimum absolute atomic E-state index is 0.0110. The number of nitriles is 1. The van der Waals surface area contributed by atoms with Crippen LogP contribution in [-0.2, 0) is 15.8 Å². The van der Waals surface area contributed by atoms with Crippen LogP contribution in [0.25, 0.3) is 11.1 Å². The van der Waals surface area contributed by atoms with E-state index in [0.717, 1.165) is 42.2 Å². The number of anilines is 2. The Hall–Kier alpha value is -5.71. The molecule has 0 aliphatic heterocycles. The number of benzene rings is 3. The molecule has 3 aromatic carbocycles. The minimum atomic E-state index is -4.95. The van der Waals surface area contributed by atoms with Crippen molar-refractivity contribution in [2.24, 2.45) is 0 Å². The lowest BCUT2D eigenvalue weighted by Crippen LogP contribution is -2.26. The van der Waals surface area contributed by atoms with Crippen molar-refractivity contribution in [2.45, 2.75) is 13.1 Å². The number of halogens is 3. The second kappa shape index (κ2) is 11.8. The van der Waals surface area contributed by atoms with Gasteiger partial charge in [-0.3, -0.25) is 19.8 Å². The first-order valence-corrected chi connectivity index (χ1v) is 11.8. The molecule has 0 saturated carbocycles. The van der Waals surface area contributed by atoms with Crippen molar-refractivity contribution in [1.82, 2.24) is 5.32 Å². The summed E-state index contributed by atoms with van der Waals surface area (Å²) in [5.41, 5.74) is -4.86. The lowest BCUT2D eigenvalue weighted by atomic mass is 9.91. The minimum Gasteiger partial charge on any atom is -0.507 e. The van der Waals surface area contributed by atoms with Gasteiger partial charge >= 0.3 is 12.1 Å². The van der Waals surface area contributed by atoms with Gasteiger partial charge < -0.3 is 25.7 Å². The zero-order valence-electron chi connectivity index (χ0n) is 22.2. The van der Waals surface area contributed by atoms with E-state index in [1.165, 1.54) is 26.2 Å². The van der Waals surface area contributed by atoms with E-state index in [1.807, 2.05) is 0 Å². The van der Waals surface area contributed by atoms with Gasteiger partial charge in [-0.05, 0) is 53.6 Å². The number of hydrogen-bond donors (Lipinski definition) is 5. The Kier molecular flexibility index (Phi) is 8.66. The number of alkyl halides is 3. The number of nitrogens with one attached hydrogen (secondary N) is 3. The zero-order chi connectivity index (χ0) is 31.5. The molecule has 0 fully saturated rings. The molecular formula is C28H22F3N5O6. The summed E-state index contributed by atoms with van der Waals surface area (Å²) in [7, 11) is 2.48. The van der Waals surface area contributed by atoms with E-state index >= 15 is 0 Å². The summed E-state index contributed by atoms with van der Waals surface area (Å²) in [6, 6.07) is 9.70. The molecule has 3 amide bonds. The number of aromatic hydroxyl groups is 1. The molecule has 0 atom stereocenters. The highest BCUT2D eigenvalue weighted by atomic mass is 19.4. The summed E-state index contributed by atoms with van der Waals surface area (Å²) in [4.78, 5) is 49.9. The number of carboxylic acid groups (broad SMARTS) is 1. The SMILES string of the molecule is CNC(=O)c1cc(C(=N)C(=O)Nc2ccc(C#N)cc2C(=O)O)c(O)cc1-c1ccc(N(C)C(C)=O)cc1C(F)(F)F. The van der Waals surface area contributed by atoms with Gasteiger partial charge in [-0.2, -0.15) is 18.4 Å². The third-order valence-corrected chi connectivity index (χ3v) is 6.19. The van der Waals surface area contributed by atoms with Crippen molar-refractivity contribution >= 4 is 40.8 Å². The fourth-order valence-corrected chi connectivity index (χ4v) is 3.93. The fourth-order valence-electron chi connectivity index (χ4n) is 3.93. The van der Waals surface area contributed by atoms with E-state index in [2.05, 4.69) is 10.6 Å². The molecule has 3 aromatic rings. The van der Waals surface area contributed by atoms with Crippen LogP contribution in [0.3, 0.4) is 0 Å². The normalized spacial score (nSPS) is 10.8. The molecule has 216 valence electrons. The highest BCUT2D eigenvalue weighted by molar-refractivity contribution is 6.48. The van der Waals surface area contributed by atoms with Crippen LogP contribution in [-0.4, -0.2) is 53.7 Å². The standard InChI is InChI=1S/C28H22F3N5O6/c1-13(37)36(3)15-5-6-16(21(9-15)28(29,30)31)17-11-23(38)20(10-18(17)25(39)34-2)24(33)26(40)35-22-7-4-14(12-32)8-19(22)27(41)42/h4-11,33,38H,1-3H3,(H,34,39)(H,35,40)(H,41,42). The molecule has 0 bridgehead atoms. The number of phenols is 1. The molecule has 3 rings (SSSR count). The van der Waals surface area contributed by atoms with Gasteiger partial charge in [-0.25, -0.2) is 4.79 Å². The van der Waals surface area contributed by atoms with E-state index in [4.69, 9.17) is 10.7 Å². The number of nitrogens with zero attached hydrogens (tertiary/aromatic N) is 2. The highest BCUT2D eigenvalue weighted by Gasteiger charge is 2.36. The van der Waals surface area contributed by atoms with E-state index in [-0.39, 0.29) is 22.5 Å². The predicted octanol–water partition coefficient (Wildman–Crippen LogP) is 4.00. The highest BCUT2D eigenvalue weighted by Crippen LogP contribution is 2.42. The van der Waals surface area contributed by atoms with Gasteiger partial charge in [0.1, 0.15) is 11.5 Å². The first-order valence-electron chi connectivity index (χ1n) is 11.8. The first-order chi connectivity index (χ1) is 19.6. The number of phenolic OH excluding ortho intramolecular Hbond substituents is 1. The Balaban J connectivity index is 2.14. The predicted molar refractivity (Wildman–Crippen MR) is 145 cm³/mol. The molecule has 0 unspecified atom stereocenters. The second-order valence-corrected chi connectivity index (χ2v) is 8.81. The summed E-state index contributed by atoms with van der Waals surface area (Å²) >= 11 is 0. The van der Waals surface area contributed by atoms with Crippen LogP contribution in [0.5, 0.6) is 5.75 Å². The number of rotatable bonds is 7. The fraction of sp³-hybridized carbons (Fsp3) is 0.143. The van der Waals surface area contributed by atoms with Gasteiger partial charge in [0.15, 0.2) is 0 Å². The number of amides is 3. The number of carboxylic acids is 1. The number of carbonyl (C=O) groups is 4. The summed E-state index contributed by atoms with van der Waals surface area (Å²) in [5, 5.41) is 41.9. The Morgan fingerprint density at radius 1 is 0.976 bits per heavy atom. The number of aromatic carboxylic acids is 1. The second-order valence-electron chi connectivity index (χ2n) is 8.81. The molecule has 0 spiro atoms. The Morgan fingerprint density at radius 3 is 2.19 bits per heavy atom. The third kappa shape index (κ3) is 6.20. The number of carbonyl (C=O) groups excluding carboxylic acids is 3. The zero-order valence-corrected chi connectivity index (χ0v) is 22.2. The first kappa shape index (κ1) is 30.8. The van der Waals surface area contributed by atoms with Gasteiger partial charge in [0.25, 0.3) is 11.8 Å².